The molecule has 2 aromatic carbocycles. The number of carbonyl (C=O) groups excluding carboxylic acids is 1. The van der Waals surface area contributed by atoms with Crippen molar-refractivity contribution in [2.24, 2.45) is 0 Å². The maximum absolute atomic E-state index is 12.8. The third-order valence-corrected chi connectivity index (χ3v) is 6.36. The van der Waals surface area contributed by atoms with Gasteiger partial charge in [-0.3, -0.25) is 9.59 Å². The number of nitrogens with one attached hydrogen (secondary N) is 1. The number of nitrogens with zero attached hydrogens (tertiary/aromatic N) is 4. The molecule has 0 bridgehead atoms. The number of thioether (sulfide) groups is 1. The molecule has 0 saturated heterocycles. The van der Waals surface area contributed by atoms with Crippen LogP contribution in [-0.4, -0.2) is 31.0 Å². The molecule has 1 N–H and O–H groups in total. The van der Waals surface area contributed by atoms with Gasteiger partial charge in [0.2, 0.25) is 5.91 Å². The smallest absolute Gasteiger partial charge is 0.267 e. The monoisotopic (exact) mass is 443 g/mol. The Kier molecular flexibility index (Phi) is 5.36. The molecule has 5 rings (SSSR count). The number of benzene rings is 2. The lowest BCUT2D eigenvalue weighted by Crippen LogP contribution is -2.33. The second-order valence-electron chi connectivity index (χ2n) is 7.56. The van der Waals surface area contributed by atoms with E-state index in [9.17, 15) is 9.59 Å². The van der Waals surface area contributed by atoms with E-state index in [1.165, 1.54) is 10.7 Å². The average molecular weight is 444 g/mol. The van der Waals surface area contributed by atoms with Crippen molar-refractivity contribution in [2.45, 2.75) is 24.7 Å². The Morgan fingerprint density at radius 2 is 1.75 bits per heavy atom. The molecule has 160 valence electrons. The van der Waals surface area contributed by atoms with E-state index in [2.05, 4.69) is 26.2 Å². The minimum atomic E-state index is -0.765. The topological polar surface area (TPSA) is 81.8 Å². The zero-order chi connectivity index (χ0) is 22.1. The van der Waals surface area contributed by atoms with E-state index in [1.54, 1.807) is 24.8 Å². The van der Waals surface area contributed by atoms with Gasteiger partial charge in [-0.05, 0) is 25.1 Å². The van der Waals surface area contributed by atoms with Gasteiger partial charge in [0, 0.05) is 41.4 Å². The molecule has 1 aliphatic rings. The Morgan fingerprint density at radius 1 is 1.00 bits per heavy atom. The minimum Gasteiger partial charge on any atom is -0.325 e. The van der Waals surface area contributed by atoms with E-state index in [0.29, 0.717) is 11.4 Å². The Morgan fingerprint density at radius 3 is 2.50 bits per heavy atom. The fourth-order valence-corrected chi connectivity index (χ4v) is 4.54. The summed E-state index contributed by atoms with van der Waals surface area (Å²) in [6, 6.07) is 19.4. The fourth-order valence-electron chi connectivity index (χ4n) is 3.60. The molecule has 1 unspecified atom stereocenters. The molecular weight excluding hydrogens is 422 g/mol. The summed E-state index contributed by atoms with van der Waals surface area (Å²) in [6.07, 6.45) is 2.06. The summed E-state index contributed by atoms with van der Waals surface area (Å²) in [4.78, 5) is 29.9. The molecule has 1 atom stereocenters. The van der Waals surface area contributed by atoms with Crippen molar-refractivity contribution in [2.75, 3.05) is 11.1 Å². The van der Waals surface area contributed by atoms with Crippen LogP contribution in [-0.2, 0) is 11.3 Å². The first kappa shape index (κ1) is 20.3. The predicted molar refractivity (Wildman–Crippen MR) is 126 cm³/mol. The third-order valence-electron chi connectivity index (χ3n) is 5.39. The number of hydrogen-bond donors (Lipinski definition) is 1. The molecule has 1 amide bonds. The van der Waals surface area contributed by atoms with Crippen molar-refractivity contribution < 1.29 is 4.79 Å². The Bertz CT molecular complexity index is 1310. The van der Waals surface area contributed by atoms with E-state index >= 15 is 0 Å². The van der Waals surface area contributed by atoms with Gasteiger partial charge in [0.1, 0.15) is 6.04 Å². The highest BCUT2D eigenvalue weighted by Gasteiger charge is 2.19. The van der Waals surface area contributed by atoms with Crippen LogP contribution in [0.1, 0.15) is 13.0 Å². The number of imidazole rings is 1. The largest absolute Gasteiger partial charge is 0.325 e. The van der Waals surface area contributed by atoms with Crippen molar-refractivity contribution in [3.05, 3.63) is 83.3 Å². The van der Waals surface area contributed by atoms with Crippen LogP contribution < -0.4 is 10.9 Å². The summed E-state index contributed by atoms with van der Waals surface area (Å²) < 4.78 is 3.38. The molecule has 3 heterocycles. The van der Waals surface area contributed by atoms with Crippen molar-refractivity contribution in [1.29, 1.82) is 0 Å². The van der Waals surface area contributed by atoms with Crippen LogP contribution in [0, 0.1) is 0 Å². The van der Waals surface area contributed by atoms with Gasteiger partial charge in [0.05, 0.1) is 11.4 Å². The van der Waals surface area contributed by atoms with Crippen LogP contribution in [0.3, 0.4) is 0 Å². The minimum absolute atomic E-state index is 0.310. The second-order valence-corrected chi connectivity index (χ2v) is 8.62. The molecule has 0 saturated carbocycles. The van der Waals surface area contributed by atoms with Crippen molar-refractivity contribution in [3.8, 4) is 22.5 Å². The van der Waals surface area contributed by atoms with Crippen molar-refractivity contribution in [1.82, 2.24) is 19.3 Å². The molecule has 7 nitrogen and oxygen atoms in total. The number of anilines is 1. The first-order chi connectivity index (χ1) is 15.6. The van der Waals surface area contributed by atoms with Crippen LogP contribution in [0.2, 0.25) is 0 Å². The van der Waals surface area contributed by atoms with Gasteiger partial charge >= 0.3 is 0 Å². The van der Waals surface area contributed by atoms with Crippen LogP contribution >= 0.6 is 11.8 Å². The molecule has 0 spiro atoms. The van der Waals surface area contributed by atoms with E-state index in [1.807, 2.05) is 54.6 Å². The van der Waals surface area contributed by atoms with E-state index in [0.717, 1.165) is 34.3 Å². The van der Waals surface area contributed by atoms with Crippen LogP contribution in [0.4, 0.5) is 5.69 Å². The van der Waals surface area contributed by atoms with Crippen LogP contribution in [0.5, 0.6) is 0 Å². The number of amides is 1. The highest BCUT2D eigenvalue weighted by Crippen LogP contribution is 2.29. The van der Waals surface area contributed by atoms with Gasteiger partial charge in [-0.2, -0.15) is 5.10 Å². The summed E-state index contributed by atoms with van der Waals surface area (Å²) >= 11 is 1.76. The lowest BCUT2D eigenvalue weighted by Gasteiger charge is -2.15. The maximum atomic E-state index is 12.8. The highest BCUT2D eigenvalue weighted by atomic mass is 32.2. The highest BCUT2D eigenvalue weighted by molar-refractivity contribution is 7.99. The number of carbonyl (C=O) groups is 1. The van der Waals surface area contributed by atoms with Gasteiger partial charge in [0.15, 0.2) is 5.16 Å². The van der Waals surface area contributed by atoms with Crippen molar-refractivity contribution >= 4 is 23.4 Å². The van der Waals surface area contributed by atoms with E-state index < -0.39 is 6.04 Å². The molecule has 0 radical (unpaired) electrons. The quantitative estimate of drug-likeness (QED) is 0.503. The van der Waals surface area contributed by atoms with Gasteiger partial charge < -0.3 is 9.88 Å². The summed E-state index contributed by atoms with van der Waals surface area (Å²) in [5, 5.41) is 8.33. The van der Waals surface area contributed by atoms with Gasteiger partial charge in [-0.1, -0.05) is 54.2 Å². The maximum Gasteiger partial charge on any atom is 0.267 e. The Labute approximate surface area is 189 Å². The summed E-state index contributed by atoms with van der Waals surface area (Å²) in [6.45, 7) is 2.65. The molecule has 1 aliphatic heterocycles. The summed E-state index contributed by atoms with van der Waals surface area (Å²) in [5.74, 6) is 0.757. The van der Waals surface area contributed by atoms with Gasteiger partial charge in [-0.25, -0.2) is 9.67 Å². The zero-order valence-electron chi connectivity index (χ0n) is 17.4. The fraction of sp³-hybridized carbons (Fsp3) is 0.167. The normalized spacial score (nSPS) is 13.5. The summed E-state index contributed by atoms with van der Waals surface area (Å²) in [5.41, 5.74) is 3.76. The number of rotatable bonds is 5. The molecule has 4 aromatic rings. The second kappa shape index (κ2) is 8.47. The Balaban J connectivity index is 1.32. The van der Waals surface area contributed by atoms with Gasteiger partial charge in [-0.15, -0.1) is 0 Å². The third kappa shape index (κ3) is 3.97. The van der Waals surface area contributed by atoms with Crippen LogP contribution in [0.25, 0.3) is 22.5 Å². The molecule has 0 fully saturated rings. The SMILES string of the molecule is CC(C(=O)Nc1ccc(-c2cn3c(n2)SCC3)cc1)n1nc(-c2ccccc2)ccc1=O. The summed E-state index contributed by atoms with van der Waals surface area (Å²) in [7, 11) is 0. The van der Waals surface area contributed by atoms with E-state index in [4.69, 9.17) is 0 Å². The molecule has 2 aromatic heterocycles. The Hall–Kier alpha value is -3.65. The number of aromatic nitrogens is 4. The number of fused-ring (bicyclic) bond motifs is 1. The zero-order valence-corrected chi connectivity index (χ0v) is 18.2. The first-order valence-electron chi connectivity index (χ1n) is 10.3. The number of hydrogen-bond acceptors (Lipinski definition) is 5. The molecular formula is C24H21N5O2S. The standard InChI is InChI=1S/C24H21N5O2S/c1-16(29-22(30)12-11-20(27-29)17-5-3-2-4-6-17)23(31)25-19-9-7-18(8-10-19)21-15-28-13-14-32-24(28)26-21/h2-12,15-16H,13-14H2,1H3,(H,25,31). The van der Waals surface area contributed by atoms with Gasteiger partial charge in [0.25, 0.3) is 5.56 Å². The lowest BCUT2D eigenvalue weighted by molar-refractivity contribution is -0.119. The number of aryl methyl sites for hydroxylation is 1. The van der Waals surface area contributed by atoms with Crippen molar-refractivity contribution in [3.63, 3.8) is 0 Å². The van der Waals surface area contributed by atoms with E-state index in [-0.39, 0.29) is 11.5 Å². The molecule has 32 heavy (non-hydrogen) atoms. The molecule has 8 heteroatoms. The predicted octanol–water partition coefficient (Wildman–Crippen LogP) is 4.08. The molecule has 0 aliphatic carbocycles. The first-order valence-corrected chi connectivity index (χ1v) is 11.3. The average Bonchev–Trinajstić information content (AvgIpc) is 3.43. The lowest BCUT2D eigenvalue weighted by atomic mass is 10.1. The van der Waals surface area contributed by atoms with Crippen LogP contribution in [0.15, 0.2) is 82.9 Å².